The summed E-state index contributed by atoms with van der Waals surface area (Å²) in [6, 6.07) is 3.99. The molecular formula is C11H12Br2N2O3. The van der Waals surface area contributed by atoms with E-state index in [-0.39, 0.29) is 0 Å². The van der Waals surface area contributed by atoms with Crippen LogP contribution in [0.25, 0.3) is 0 Å². The molecule has 1 aromatic rings. The fourth-order valence-corrected chi connectivity index (χ4v) is 2.35. The number of carboxylic acids is 1. The predicted octanol–water partition coefficient (Wildman–Crippen LogP) is 3.15. The number of amides is 2. The Balaban J connectivity index is 2.85. The number of carbonyl (C=O) groups is 2. The Kier molecular flexibility index (Phi) is 5.15. The highest BCUT2D eigenvalue weighted by Crippen LogP contribution is 2.30. The minimum Gasteiger partial charge on any atom is -0.480 e. The van der Waals surface area contributed by atoms with E-state index in [1.165, 1.54) is 14.0 Å². The first-order chi connectivity index (χ1) is 8.34. The van der Waals surface area contributed by atoms with Crippen molar-refractivity contribution in [2.75, 3.05) is 12.4 Å². The first-order valence-electron chi connectivity index (χ1n) is 5.05. The van der Waals surface area contributed by atoms with Gasteiger partial charge in [0, 0.05) is 16.0 Å². The quantitative estimate of drug-likeness (QED) is 0.847. The number of likely N-dealkylation sites (N-methyl/N-ethyl adjacent to an activating group) is 1. The van der Waals surface area contributed by atoms with Gasteiger partial charge in [-0.15, -0.1) is 0 Å². The maximum Gasteiger partial charge on any atom is 0.326 e. The monoisotopic (exact) mass is 378 g/mol. The van der Waals surface area contributed by atoms with Crippen LogP contribution in [0.1, 0.15) is 6.92 Å². The van der Waals surface area contributed by atoms with E-state index in [2.05, 4.69) is 37.2 Å². The summed E-state index contributed by atoms with van der Waals surface area (Å²) in [4.78, 5) is 23.8. The molecule has 0 aliphatic heterocycles. The van der Waals surface area contributed by atoms with E-state index in [1.807, 2.05) is 6.07 Å². The number of hydrogen-bond acceptors (Lipinski definition) is 2. The third-order valence-electron chi connectivity index (χ3n) is 2.45. The lowest BCUT2D eigenvalue weighted by Gasteiger charge is -2.22. The van der Waals surface area contributed by atoms with Crippen LogP contribution in [0, 0.1) is 0 Å². The molecule has 1 atom stereocenters. The molecule has 0 aliphatic carbocycles. The Labute approximate surface area is 121 Å². The van der Waals surface area contributed by atoms with Crippen molar-refractivity contribution < 1.29 is 14.7 Å². The predicted molar refractivity (Wildman–Crippen MR) is 75.7 cm³/mol. The normalized spacial score (nSPS) is 11.8. The summed E-state index contributed by atoms with van der Waals surface area (Å²) in [6.07, 6.45) is 0. The van der Waals surface area contributed by atoms with Gasteiger partial charge in [-0.25, -0.2) is 9.59 Å². The molecule has 0 fully saturated rings. The number of halogens is 2. The average Bonchev–Trinajstić information content (AvgIpc) is 2.31. The van der Waals surface area contributed by atoms with Crippen molar-refractivity contribution in [1.82, 2.24) is 4.90 Å². The molecule has 5 nitrogen and oxygen atoms in total. The van der Waals surface area contributed by atoms with Gasteiger partial charge in [-0.3, -0.25) is 0 Å². The number of para-hydroxylation sites is 1. The molecule has 1 aromatic carbocycles. The van der Waals surface area contributed by atoms with Gasteiger partial charge < -0.3 is 15.3 Å². The van der Waals surface area contributed by atoms with Crippen molar-refractivity contribution in [3.8, 4) is 0 Å². The number of nitrogens with zero attached hydrogens (tertiary/aromatic N) is 1. The van der Waals surface area contributed by atoms with Gasteiger partial charge in [0.05, 0.1) is 5.69 Å². The van der Waals surface area contributed by atoms with Crippen LogP contribution in [-0.2, 0) is 4.79 Å². The first kappa shape index (κ1) is 15.0. The Bertz CT molecular complexity index is 459. The third-order valence-corrected chi connectivity index (χ3v) is 3.78. The smallest absolute Gasteiger partial charge is 0.326 e. The number of nitrogens with one attached hydrogen (secondary N) is 1. The molecule has 2 amide bonds. The Morgan fingerprint density at radius 2 is 1.83 bits per heavy atom. The zero-order valence-corrected chi connectivity index (χ0v) is 12.9. The van der Waals surface area contributed by atoms with Crippen LogP contribution in [0.2, 0.25) is 0 Å². The SMILES string of the molecule is CC(C(=O)O)N(C)C(=O)Nc1c(Br)cccc1Br. The maximum atomic E-state index is 11.9. The highest BCUT2D eigenvalue weighted by molar-refractivity contribution is 9.11. The van der Waals surface area contributed by atoms with Crippen LogP contribution < -0.4 is 5.32 Å². The van der Waals surface area contributed by atoms with Gasteiger partial charge in [-0.05, 0) is 50.9 Å². The topological polar surface area (TPSA) is 69.6 Å². The number of rotatable bonds is 3. The van der Waals surface area contributed by atoms with Gasteiger partial charge in [0.15, 0.2) is 0 Å². The second kappa shape index (κ2) is 6.19. The van der Waals surface area contributed by atoms with Crippen LogP contribution in [0.15, 0.2) is 27.1 Å². The zero-order valence-electron chi connectivity index (χ0n) is 9.78. The van der Waals surface area contributed by atoms with Crippen molar-refractivity contribution in [2.24, 2.45) is 0 Å². The molecule has 0 spiro atoms. The molecule has 98 valence electrons. The number of anilines is 1. The Morgan fingerprint density at radius 3 is 2.28 bits per heavy atom. The van der Waals surface area contributed by atoms with Gasteiger partial charge in [0.2, 0.25) is 0 Å². The molecule has 18 heavy (non-hydrogen) atoms. The summed E-state index contributed by atoms with van der Waals surface area (Å²) in [5, 5.41) is 11.5. The highest BCUT2D eigenvalue weighted by atomic mass is 79.9. The summed E-state index contributed by atoms with van der Waals surface area (Å²) in [7, 11) is 1.43. The molecule has 0 bridgehead atoms. The summed E-state index contributed by atoms with van der Waals surface area (Å²) in [6.45, 7) is 1.44. The number of aliphatic carboxylic acids is 1. The minimum absolute atomic E-state index is 0.488. The number of benzene rings is 1. The highest BCUT2D eigenvalue weighted by Gasteiger charge is 2.22. The Morgan fingerprint density at radius 1 is 1.33 bits per heavy atom. The van der Waals surface area contributed by atoms with Gasteiger partial charge in [0.25, 0.3) is 0 Å². The number of urea groups is 1. The molecular weight excluding hydrogens is 368 g/mol. The van der Waals surface area contributed by atoms with Crippen molar-refractivity contribution in [3.63, 3.8) is 0 Å². The molecule has 7 heteroatoms. The molecule has 0 radical (unpaired) electrons. The number of hydrogen-bond donors (Lipinski definition) is 2. The largest absolute Gasteiger partial charge is 0.480 e. The van der Waals surface area contributed by atoms with Crippen molar-refractivity contribution in [1.29, 1.82) is 0 Å². The fourth-order valence-electron chi connectivity index (χ4n) is 1.15. The standard InChI is InChI=1S/C11H12Br2N2O3/c1-6(10(16)17)15(2)11(18)14-9-7(12)4-3-5-8(9)13/h3-6H,1-2H3,(H,14,18)(H,16,17). The summed E-state index contributed by atoms with van der Waals surface area (Å²) in [5.41, 5.74) is 0.562. The lowest BCUT2D eigenvalue weighted by atomic mass is 10.3. The molecule has 1 rings (SSSR count). The molecule has 0 saturated carbocycles. The van der Waals surface area contributed by atoms with Gasteiger partial charge in [-0.1, -0.05) is 6.07 Å². The van der Waals surface area contributed by atoms with E-state index < -0.39 is 18.0 Å². The molecule has 0 heterocycles. The van der Waals surface area contributed by atoms with E-state index in [1.54, 1.807) is 12.1 Å². The van der Waals surface area contributed by atoms with Crippen LogP contribution in [0.3, 0.4) is 0 Å². The van der Waals surface area contributed by atoms with E-state index in [0.29, 0.717) is 14.6 Å². The summed E-state index contributed by atoms with van der Waals surface area (Å²) < 4.78 is 1.42. The van der Waals surface area contributed by atoms with Crippen LogP contribution in [0.5, 0.6) is 0 Å². The van der Waals surface area contributed by atoms with Crippen LogP contribution in [-0.4, -0.2) is 35.1 Å². The molecule has 0 aliphatic rings. The number of carboxylic acid groups (broad SMARTS) is 1. The second-order valence-corrected chi connectivity index (χ2v) is 5.36. The Hall–Kier alpha value is -1.08. The van der Waals surface area contributed by atoms with E-state index in [4.69, 9.17) is 5.11 Å². The van der Waals surface area contributed by atoms with Gasteiger partial charge in [0.1, 0.15) is 6.04 Å². The van der Waals surface area contributed by atoms with Crippen molar-refractivity contribution in [3.05, 3.63) is 27.1 Å². The van der Waals surface area contributed by atoms with Crippen LogP contribution >= 0.6 is 31.9 Å². The second-order valence-electron chi connectivity index (χ2n) is 3.65. The van der Waals surface area contributed by atoms with Crippen molar-refractivity contribution in [2.45, 2.75) is 13.0 Å². The summed E-state index contributed by atoms with van der Waals surface area (Å²) >= 11 is 6.62. The lowest BCUT2D eigenvalue weighted by Crippen LogP contribution is -2.42. The third kappa shape index (κ3) is 3.46. The molecule has 0 aromatic heterocycles. The average molecular weight is 380 g/mol. The molecule has 1 unspecified atom stereocenters. The van der Waals surface area contributed by atoms with E-state index in [0.717, 1.165) is 4.90 Å². The molecule has 2 N–H and O–H groups in total. The fraction of sp³-hybridized carbons (Fsp3) is 0.273. The lowest BCUT2D eigenvalue weighted by molar-refractivity contribution is -0.141. The van der Waals surface area contributed by atoms with E-state index >= 15 is 0 Å². The zero-order chi connectivity index (χ0) is 13.9. The van der Waals surface area contributed by atoms with Crippen LogP contribution in [0.4, 0.5) is 10.5 Å². The van der Waals surface area contributed by atoms with Crippen molar-refractivity contribution >= 4 is 49.5 Å². The summed E-state index contributed by atoms with van der Waals surface area (Å²) in [5.74, 6) is -1.06. The van der Waals surface area contributed by atoms with Gasteiger partial charge >= 0.3 is 12.0 Å². The first-order valence-corrected chi connectivity index (χ1v) is 6.63. The molecule has 0 saturated heterocycles. The van der Waals surface area contributed by atoms with Gasteiger partial charge in [-0.2, -0.15) is 0 Å². The van der Waals surface area contributed by atoms with E-state index in [9.17, 15) is 9.59 Å². The number of carbonyl (C=O) groups excluding carboxylic acids is 1. The maximum absolute atomic E-state index is 11.9. The minimum atomic E-state index is -1.06.